The molecule has 2 aliphatic rings. The van der Waals surface area contributed by atoms with Gasteiger partial charge in [0.05, 0.1) is 12.1 Å². The number of aryl methyl sites for hydroxylation is 1. The average molecular weight is 488 g/mol. The van der Waals surface area contributed by atoms with Crippen LogP contribution in [0.25, 0.3) is 0 Å². The molecule has 190 valence electrons. The molecule has 2 aromatic rings. The molecule has 1 saturated heterocycles. The number of hydrogen-bond acceptors (Lipinski definition) is 3. The molecule has 4 nitrogen and oxygen atoms in total. The number of amides is 1. The number of carbonyl (C=O) groups is 1. The zero-order chi connectivity index (χ0) is 25.0. The number of rotatable bonds is 8. The van der Waals surface area contributed by atoms with Crippen LogP contribution < -0.4 is 0 Å². The number of halogens is 3. The number of piperazine rings is 1. The number of hydrogen-bond donors (Lipinski definition) is 0. The zero-order valence-corrected chi connectivity index (χ0v) is 20.8. The zero-order valence-electron chi connectivity index (χ0n) is 20.8. The Balaban J connectivity index is 1.28. The topological polar surface area (TPSA) is 26.8 Å². The Bertz CT molecular complexity index is 1000. The lowest BCUT2D eigenvalue weighted by Crippen LogP contribution is -2.55. The van der Waals surface area contributed by atoms with Crippen molar-refractivity contribution in [3.8, 4) is 0 Å². The van der Waals surface area contributed by atoms with Gasteiger partial charge in [-0.15, -0.1) is 0 Å². The first kappa shape index (κ1) is 25.7. The molecule has 1 heterocycles. The third-order valence-corrected chi connectivity index (χ3v) is 7.55. The van der Waals surface area contributed by atoms with Crippen LogP contribution in [-0.4, -0.2) is 65.9 Å². The molecule has 0 N–H and O–H groups in total. The summed E-state index contributed by atoms with van der Waals surface area (Å²) in [6, 6.07) is 12.4. The fourth-order valence-corrected chi connectivity index (χ4v) is 5.32. The predicted octanol–water partition coefficient (Wildman–Crippen LogP) is 4.79. The summed E-state index contributed by atoms with van der Waals surface area (Å²) in [4.78, 5) is 19.6. The first-order chi connectivity index (χ1) is 16.8. The van der Waals surface area contributed by atoms with Crippen molar-refractivity contribution in [3.63, 3.8) is 0 Å². The van der Waals surface area contributed by atoms with E-state index in [-0.39, 0.29) is 11.9 Å². The Labute approximate surface area is 206 Å². The van der Waals surface area contributed by atoms with Crippen molar-refractivity contribution in [2.75, 3.05) is 39.3 Å². The number of carbonyl (C=O) groups excluding carboxylic acids is 1. The van der Waals surface area contributed by atoms with Crippen LogP contribution in [0.3, 0.4) is 0 Å². The van der Waals surface area contributed by atoms with Crippen molar-refractivity contribution in [3.05, 3.63) is 70.3 Å². The van der Waals surface area contributed by atoms with Gasteiger partial charge in [0.15, 0.2) is 0 Å². The van der Waals surface area contributed by atoms with Gasteiger partial charge in [0, 0.05) is 32.2 Å². The van der Waals surface area contributed by atoms with E-state index in [1.807, 2.05) is 0 Å². The van der Waals surface area contributed by atoms with Crippen LogP contribution in [-0.2, 0) is 36.8 Å². The molecule has 1 aliphatic carbocycles. The van der Waals surface area contributed by atoms with E-state index >= 15 is 0 Å². The third kappa shape index (κ3) is 6.44. The van der Waals surface area contributed by atoms with Crippen LogP contribution in [0.5, 0.6) is 0 Å². The SMILES string of the molecule is CCN(CC)Cc1ccc2c(c1)CC[C@H](N1CCN(CCc3ccc(C(F)(F)F)cc3)CC1=O)C2. The Morgan fingerprint density at radius 1 is 0.971 bits per heavy atom. The van der Waals surface area contributed by atoms with Crippen LogP contribution in [0.2, 0.25) is 0 Å². The molecule has 0 unspecified atom stereocenters. The van der Waals surface area contributed by atoms with Gasteiger partial charge in [-0.25, -0.2) is 0 Å². The molecular weight excluding hydrogens is 451 g/mol. The second-order valence-corrected chi connectivity index (χ2v) is 9.77. The molecule has 0 bridgehead atoms. The molecule has 0 spiro atoms. The predicted molar refractivity (Wildman–Crippen MR) is 132 cm³/mol. The molecule has 7 heteroatoms. The average Bonchev–Trinajstić information content (AvgIpc) is 2.85. The standard InChI is InChI=1S/C28H36F3N3O/c1-3-32(4-2)19-22-5-8-24-18-26(12-9-23(24)17-22)34-16-15-33(20-27(34)35)14-13-21-6-10-25(11-7-21)28(29,30)31/h5-8,10-11,17,26H,3-4,9,12-16,18-20H2,1-2H3/t26-/m0/s1. The van der Waals surface area contributed by atoms with Crippen molar-refractivity contribution < 1.29 is 18.0 Å². The maximum Gasteiger partial charge on any atom is 0.416 e. The maximum absolute atomic E-state index is 13.0. The van der Waals surface area contributed by atoms with Gasteiger partial charge in [-0.1, -0.05) is 44.2 Å². The number of nitrogens with zero attached hydrogens (tertiary/aromatic N) is 3. The molecular formula is C28H36F3N3O. The van der Waals surface area contributed by atoms with Crippen LogP contribution in [0.1, 0.15) is 48.1 Å². The van der Waals surface area contributed by atoms with Crippen LogP contribution in [0.15, 0.2) is 42.5 Å². The van der Waals surface area contributed by atoms with Crippen molar-refractivity contribution in [1.82, 2.24) is 14.7 Å². The van der Waals surface area contributed by atoms with Gasteiger partial charge in [0.2, 0.25) is 5.91 Å². The first-order valence-electron chi connectivity index (χ1n) is 12.8. The minimum Gasteiger partial charge on any atom is -0.337 e. The summed E-state index contributed by atoms with van der Waals surface area (Å²) >= 11 is 0. The highest BCUT2D eigenvalue weighted by atomic mass is 19.4. The van der Waals surface area contributed by atoms with Crippen LogP contribution in [0.4, 0.5) is 13.2 Å². The molecule has 0 saturated carbocycles. The molecule has 4 rings (SSSR count). The van der Waals surface area contributed by atoms with E-state index in [1.165, 1.54) is 28.8 Å². The van der Waals surface area contributed by atoms with Crippen LogP contribution in [0, 0.1) is 0 Å². The van der Waals surface area contributed by atoms with Gasteiger partial charge >= 0.3 is 6.18 Å². The van der Waals surface area contributed by atoms with E-state index in [1.54, 1.807) is 0 Å². The summed E-state index contributed by atoms with van der Waals surface area (Å²) in [5, 5.41) is 0. The molecule has 35 heavy (non-hydrogen) atoms. The largest absolute Gasteiger partial charge is 0.416 e. The molecule has 0 aromatic heterocycles. The number of fused-ring (bicyclic) bond motifs is 1. The summed E-state index contributed by atoms with van der Waals surface area (Å²) in [5.41, 5.74) is 4.38. The quantitative estimate of drug-likeness (QED) is 0.536. The number of benzene rings is 2. The first-order valence-corrected chi connectivity index (χ1v) is 12.8. The van der Waals surface area contributed by atoms with E-state index < -0.39 is 11.7 Å². The second kappa shape index (κ2) is 11.1. The van der Waals surface area contributed by atoms with Gasteiger partial charge < -0.3 is 4.90 Å². The van der Waals surface area contributed by atoms with E-state index in [0.29, 0.717) is 26.1 Å². The third-order valence-electron chi connectivity index (χ3n) is 7.55. The van der Waals surface area contributed by atoms with Crippen molar-refractivity contribution in [2.45, 2.75) is 58.3 Å². The summed E-state index contributed by atoms with van der Waals surface area (Å²) in [7, 11) is 0. The maximum atomic E-state index is 13.0. The Kier molecular flexibility index (Phi) is 8.17. The summed E-state index contributed by atoms with van der Waals surface area (Å²) in [6.45, 7) is 10.0. The fraction of sp³-hybridized carbons (Fsp3) is 0.536. The smallest absolute Gasteiger partial charge is 0.337 e. The highest BCUT2D eigenvalue weighted by Crippen LogP contribution is 2.29. The van der Waals surface area contributed by atoms with Crippen LogP contribution >= 0.6 is 0 Å². The van der Waals surface area contributed by atoms with Crippen molar-refractivity contribution >= 4 is 5.91 Å². The van der Waals surface area contributed by atoms with Gasteiger partial charge in [-0.2, -0.15) is 13.2 Å². The van der Waals surface area contributed by atoms with E-state index in [4.69, 9.17) is 0 Å². The molecule has 1 fully saturated rings. The van der Waals surface area contributed by atoms with E-state index in [0.717, 1.165) is 63.1 Å². The van der Waals surface area contributed by atoms with Gasteiger partial charge in [0.25, 0.3) is 0 Å². The van der Waals surface area contributed by atoms with E-state index in [2.05, 4.69) is 46.7 Å². The Morgan fingerprint density at radius 3 is 2.34 bits per heavy atom. The van der Waals surface area contributed by atoms with Crippen molar-refractivity contribution in [2.24, 2.45) is 0 Å². The molecule has 2 aromatic carbocycles. The van der Waals surface area contributed by atoms with E-state index in [9.17, 15) is 18.0 Å². The fourth-order valence-electron chi connectivity index (χ4n) is 5.32. The molecule has 1 amide bonds. The highest BCUT2D eigenvalue weighted by molar-refractivity contribution is 5.79. The van der Waals surface area contributed by atoms with Gasteiger partial charge in [-0.05, 0) is 73.2 Å². The van der Waals surface area contributed by atoms with Gasteiger partial charge in [0.1, 0.15) is 0 Å². The minimum absolute atomic E-state index is 0.162. The van der Waals surface area contributed by atoms with Crippen molar-refractivity contribution in [1.29, 1.82) is 0 Å². The normalized spacial score (nSPS) is 19.3. The monoisotopic (exact) mass is 487 g/mol. The lowest BCUT2D eigenvalue weighted by Gasteiger charge is -2.41. The molecule has 1 atom stereocenters. The molecule has 0 radical (unpaired) electrons. The summed E-state index contributed by atoms with van der Waals surface area (Å²) < 4.78 is 38.2. The Hall–Kier alpha value is -2.38. The Morgan fingerprint density at radius 2 is 1.69 bits per heavy atom. The lowest BCUT2D eigenvalue weighted by molar-refractivity contribution is -0.139. The summed E-state index contributed by atoms with van der Waals surface area (Å²) in [5.74, 6) is 0.162. The lowest BCUT2D eigenvalue weighted by atomic mass is 9.86. The highest BCUT2D eigenvalue weighted by Gasteiger charge is 2.32. The minimum atomic E-state index is -4.31. The summed E-state index contributed by atoms with van der Waals surface area (Å²) in [6.07, 6.45) is -0.753. The number of alkyl halides is 3. The van der Waals surface area contributed by atoms with Gasteiger partial charge in [-0.3, -0.25) is 14.6 Å². The molecule has 1 aliphatic heterocycles. The second-order valence-electron chi connectivity index (χ2n) is 9.77.